The first kappa shape index (κ1) is 10.8. The standard InChI is InChI=1S/C8H14N4OS/c1-3-4-12(2)8-11-6(9)5(14-8)7(10)13/h3-4,9H2,1-2H3,(H2,10,13). The predicted octanol–water partition coefficient (Wildman–Crippen LogP) is 0.670. The van der Waals surface area contributed by atoms with Crippen LogP contribution < -0.4 is 16.4 Å². The van der Waals surface area contributed by atoms with Gasteiger partial charge in [0.1, 0.15) is 10.7 Å². The minimum Gasteiger partial charge on any atom is -0.382 e. The van der Waals surface area contributed by atoms with E-state index in [1.165, 1.54) is 11.3 Å². The van der Waals surface area contributed by atoms with E-state index in [1.807, 2.05) is 11.9 Å². The van der Waals surface area contributed by atoms with E-state index in [0.29, 0.717) is 4.88 Å². The van der Waals surface area contributed by atoms with Gasteiger partial charge in [-0.15, -0.1) is 0 Å². The van der Waals surface area contributed by atoms with Crippen molar-refractivity contribution in [2.24, 2.45) is 5.73 Å². The summed E-state index contributed by atoms with van der Waals surface area (Å²) in [4.78, 5) is 17.3. The van der Waals surface area contributed by atoms with Crippen molar-refractivity contribution in [2.45, 2.75) is 13.3 Å². The molecule has 0 spiro atoms. The molecule has 0 bridgehead atoms. The van der Waals surface area contributed by atoms with E-state index in [1.54, 1.807) is 0 Å². The van der Waals surface area contributed by atoms with Crippen LogP contribution in [0.3, 0.4) is 0 Å². The second-order valence-electron chi connectivity index (χ2n) is 3.00. The first-order valence-electron chi connectivity index (χ1n) is 4.33. The number of nitrogens with two attached hydrogens (primary N) is 2. The number of hydrogen-bond donors (Lipinski definition) is 2. The lowest BCUT2D eigenvalue weighted by Gasteiger charge is -2.13. The summed E-state index contributed by atoms with van der Waals surface area (Å²) in [5.74, 6) is -0.295. The van der Waals surface area contributed by atoms with E-state index in [0.717, 1.165) is 18.1 Å². The summed E-state index contributed by atoms with van der Waals surface area (Å²) in [5, 5.41) is 0.734. The number of thiazole rings is 1. The number of nitrogen functional groups attached to an aromatic ring is 1. The Labute approximate surface area is 86.7 Å². The molecule has 0 aliphatic carbocycles. The fraction of sp³-hybridized carbons (Fsp3) is 0.500. The van der Waals surface area contributed by atoms with Crippen LogP contribution in [0.1, 0.15) is 23.0 Å². The third-order valence-electron chi connectivity index (χ3n) is 1.75. The van der Waals surface area contributed by atoms with E-state index < -0.39 is 5.91 Å². The quantitative estimate of drug-likeness (QED) is 0.771. The maximum Gasteiger partial charge on any atom is 0.262 e. The Hall–Kier alpha value is -1.30. The van der Waals surface area contributed by atoms with Gasteiger partial charge in [0, 0.05) is 13.6 Å². The molecule has 0 unspecified atom stereocenters. The van der Waals surface area contributed by atoms with Gasteiger partial charge in [0.2, 0.25) is 0 Å². The summed E-state index contributed by atoms with van der Waals surface area (Å²) in [6.07, 6.45) is 1.02. The normalized spacial score (nSPS) is 10.1. The van der Waals surface area contributed by atoms with Crippen molar-refractivity contribution in [1.82, 2.24) is 4.98 Å². The highest BCUT2D eigenvalue weighted by atomic mass is 32.1. The van der Waals surface area contributed by atoms with E-state index in [-0.39, 0.29) is 5.82 Å². The highest BCUT2D eigenvalue weighted by Crippen LogP contribution is 2.26. The Morgan fingerprint density at radius 2 is 2.29 bits per heavy atom. The van der Waals surface area contributed by atoms with E-state index in [2.05, 4.69) is 11.9 Å². The molecule has 0 radical (unpaired) electrons. The van der Waals surface area contributed by atoms with E-state index in [4.69, 9.17) is 11.5 Å². The van der Waals surface area contributed by atoms with Gasteiger partial charge in [-0.2, -0.15) is 0 Å². The van der Waals surface area contributed by atoms with Crippen LogP contribution >= 0.6 is 11.3 Å². The zero-order valence-electron chi connectivity index (χ0n) is 8.28. The van der Waals surface area contributed by atoms with Crippen molar-refractivity contribution in [1.29, 1.82) is 0 Å². The van der Waals surface area contributed by atoms with Crippen LogP contribution in [0.2, 0.25) is 0 Å². The van der Waals surface area contributed by atoms with Gasteiger partial charge < -0.3 is 16.4 Å². The maximum absolute atomic E-state index is 10.9. The molecule has 0 atom stereocenters. The molecule has 14 heavy (non-hydrogen) atoms. The number of anilines is 2. The third-order valence-corrected chi connectivity index (χ3v) is 2.95. The Morgan fingerprint density at radius 3 is 2.71 bits per heavy atom. The van der Waals surface area contributed by atoms with Crippen molar-refractivity contribution >= 4 is 28.2 Å². The number of primary amides is 1. The number of aromatic nitrogens is 1. The molecule has 0 saturated carbocycles. The van der Waals surface area contributed by atoms with Gasteiger partial charge in [0.25, 0.3) is 5.91 Å². The minimum absolute atomic E-state index is 0.223. The van der Waals surface area contributed by atoms with Gasteiger partial charge in [0.05, 0.1) is 0 Å². The zero-order valence-corrected chi connectivity index (χ0v) is 9.10. The van der Waals surface area contributed by atoms with Gasteiger partial charge in [-0.3, -0.25) is 4.79 Å². The van der Waals surface area contributed by atoms with Gasteiger partial charge in [-0.1, -0.05) is 18.3 Å². The van der Waals surface area contributed by atoms with Crippen LogP contribution in [0.5, 0.6) is 0 Å². The molecule has 5 nitrogen and oxygen atoms in total. The molecule has 6 heteroatoms. The summed E-state index contributed by atoms with van der Waals surface area (Å²) in [7, 11) is 1.91. The Bertz CT molecular complexity index is 336. The summed E-state index contributed by atoms with van der Waals surface area (Å²) < 4.78 is 0. The smallest absolute Gasteiger partial charge is 0.262 e. The predicted molar refractivity (Wildman–Crippen MR) is 58.6 cm³/mol. The van der Waals surface area contributed by atoms with Gasteiger partial charge in [-0.05, 0) is 6.42 Å². The van der Waals surface area contributed by atoms with Crippen LogP contribution in [-0.2, 0) is 0 Å². The molecule has 4 N–H and O–H groups in total. The van der Waals surface area contributed by atoms with E-state index >= 15 is 0 Å². The highest BCUT2D eigenvalue weighted by Gasteiger charge is 2.14. The van der Waals surface area contributed by atoms with Crippen LogP contribution in [0.4, 0.5) is 10.9 Å². The third kappa shape index (κ3) is 2.14. The molecule has 1 amide bonds. The number of hydrogen-bond acceptors (Lipinski definition) is 5. The highest BCUT2D eigenvalue weighted by molar-refractivity contribution is 7.18. The molecule has 1 aromatic heterocycles. The molecular formula is C8H14N4OS. The fourth-order valence-electron chi connectivity index (χ4n) is 1.09. The van der Waals surface area contributed by atoms with Crippen molar-refractivity contribution in [3.63, 3.8) is 0 Å². The molecule has 0 aliphatic heterocycles. The molecule has 0 aromatic carbocycles. The Balaban J connectivity index is 2.90. The van der Waals surface area contributed by atoms with Crippen molar-refractivity contribution in [3.05, 3.63) is 4.88 Å². The molecule has 0 saturated heterocycles. The van der Waals surface area contributed by atoms with Crippen LogP contribution in [-0.4, -0.2) is 24.5 Å². The minimum atomic E-state index is -0.517. The number of amides is 1. The van der Waals surface area contributed by atoms with Gasteiger partial charge >= 0.3 is 0 Å². The van der Waals surface area contributed by atoms with E-state index in [9.17, 15) is 4.79 Å². The van der Waals surface area contributed by atoms with Crippen LogP contribution in [0, 0.1) is 0 Å². The summed E-state index contributed by atoms with van der Waals surface area (Å²) >= 11 is 1.23. The molecule has 1 aromatic rings. The second kappa shape index (κ2) is 4.28. The maximum atomic E-state index is 10.9. The first-order valence-corrected chi connectivity index (χ1v) is 5.15. The number of carbonyl (C=O) groups is 1. The lowest BCUT2D eigenvalue weighted by Crippen LogP contribution is -2.17. The summed E-state index contributed by atoms with van der Waals surface area (Å²) in [6, 6.07) is 0. The molecule has 1 rings (SSSR count). The average Bonchev–Trinajstić information content (AvgIpc) is 2.48. The number of nitrogens with zero attached hydrogens (tertiary/aromatic N) is 2. The van der Waals surface area contributed by atoms with Crippen molar-refractivity contribution < 1.29 is 4.79 Å². The lowest BCUT2D eigenvalue weighted by molar-refractivity contribution is 0.100. The molecule has 1 heterocycles. The first-order chi connectivity index (χ1) is 6.56. The molecule has 0 aliphatic rings. The Kier molecular flexibility index (Phi) is 3.29. The topological polar surface area (TPSA) is 85.2 Å². The average molecular weight is 214 g/mol. The monoisotopic (exact) mass is 214 g/mol. The lowest BCUT2D eigenvalue weighted by atomic mass is 10.4. The number of carbonyl (C=O) groups excluding carboxylic acids is 1. The SMILES string of the molecule is CCCN(C)c1nc(N)c(C(N)=O)s1. The zero-order chi connectivity index (χ0) is 10.7. The molecule has 78 valence electrons. The molecular weight excluding hydrogens is 200 g/mol. The summed E-state index contributed by atoms with van der Waals surface area (Å²) in [5.41, 5.74) is 10.7. The van der Waals surface area contributed by atoms with Gasteiger partial charge in [-0.25, -0.2) is 4.98 Å². The molecule has 0 fully saturated rings. The van der Waals surface area contributed by atoms with Crippen molar-refractivity contribution in [3.8, 4) is 0 Å². The number of rotatable bonds is 4. The largest absolute Gasteiger partial charge is 0.382 e. The van der Waals surface area contributed by atoms with Crippen molar-refractivity contribution in [2.75, 3.05) is 24.2 Å². The summed E-state index contributed by atoms with van der Waals surface area (Å²) in [6.45, 7) is 2.95. The fourth-order valence-corrected chi connectivity index (χ4v) is 1.92. The van der Waals surface area contributed by atoms with Crippen LogP contribution in [0.15, 0.2) is 0 Å². The van der Waals surface area contributed by atoms with Gasteiger partial charge in [0.15, 0.2) is 5.13 Å². The Morgan fingerprint density at radius 1 is 1.64 bits per heavy atom. The van der Waals surface area contributed by atoms with Crippen LogP contribution in [0.25, 0.3) is 0 Å². The second-order valence-corrected chi connectivity index (χ2v) is 3.97.